The van der Waals surface area contributed by atoms with E-state index in [0.29, 0.717) is 12.0 Å². The van der Waals surface area contributed by atoms with E-state index in [1.54, 1.807) is 24.3 Å². The maximum absolute atomic E-state index is 12.0. The largest absolute Gasteiger partial charge is 0.480 e. The van der Waals surface area contributed by atoms with E-state index < -0.39 is 17.4 Å². The minimum atomic E-state index is -1.09. The van der Waals surface area contributed by atoms with Crippen LogP contribution in [0, 0.1) is 0 Å². The van der Waals surface area contributed by atoms with Gasteiger partial charge in [-0.15, -0.1) is 0 Å². The fraction of sp³-hybridized carbons (Fsp3) is 0.357. The van der Waals surface area contributed by atoms with Gasteiger partial charge in [-0.05, 0) is 36.6 Å². The second kappa shape index (κ2) is 6.58. The molecule has 2 rings (SSSR count). The lowest BCUT2D eigenvalue weighted by molar-refractivity contribution is -0.143. The number of halogens is 1. The van der Waals surface area contributed by atoms with Gasteiger partial charge in [0.25, 0.3) is 5.91 Å². The monoisotopic (exact) mass is 310 g/mol. The molecule has 0 saturated carbocycles. The smallest absolute Gasteiger partial charge is 0.326 e. The summed E-state index contributed by atoms with van der Waals surface area (Å²) < 4.78 is 0. The maximum Gasteiger partial charge on any atom is 0.326 e. The molecule has 0 radical (unpaired) electrons. The summed E-state index contributed by atoms with van der Waals surface area (Å²) in [5, 5.41) is 11.0. The van der Waals surface area contributed by atoms with Crippen molar-refractivity contribution in [1.29, 1.82) is 0 Å². The Morgan fingerprint density at radius 3 is 2.43 bits per heavy atom. The van der Waals surface area contributed by atoms with Gasteiger partial charge in [-0.1, -0.05) is 18.2 Å². The number of amides is 2. The Hall–Kier alpha value is -2.08. The quantitative estimate of drug-likeness (QED) is 0.657. The SMILES string of the molecule is O=C(N[C@@H]1CC[C@@H](C(=O)O)N(C(=O)Cl)C1)c1ccccc1. The van der Waals surface area contributed by atoms with Gasteiger partial charge in [-0.25, -0.2) is 4.79 Å². The number of carboxylic acids is 1. The summed E-state index contributed by atoms with van der Waals surface area (Å²) in [6.07, 6.45) is 0.740. The number of aliphatic carboxylic acids is 1. The highest BCUT2D eigenvalue weighted by Crippen LogP contribution is 2.20. The number of benzene rings is 1. The topological polar surface area (TPSA) is 86.7 Å². The van der Waals surface area contributed by atoms with Gasteiger partial charge in [-0.2, -0.15) is 0 Å². The summed E-state index contributed by atoms with van der Waals surface area (Å²) in [5.41, 5.74) is 0.515. The molecule has 2 N–H and O–H groups in total. The number of piperidine rings is 1. The van der Waals surface area contributed by atoms with Gasteiger partial charge in [0.2, 0.25) is 0 Å². The maximum atomic E-state index is 12.0. The third kappa shape index (κ3) is 3.72. The first-order valence-corrected chi connectivity index (χ1v) is 6.91. The van der Waals surface area contributed by atoms with Crippen molar-refractivity contribution < 1.29 is 19.5 Å². The Morgan fingerprint density at radius 1 is 1.19 bits per heavy atom. The number of carbonyl (C=O) groups excluding carboxylic acids is 2. The van der Waals surface area contributed by atoms with E-state index >= 15 is 0 Å². The average Bonchev–Trinajstić information content (AvgIpc) is 2.47. The predicted molar refractivity (Wildman–Crippen MR) is 76.3 cm³/mol. The van der Waals surface area contributed by atoms with Crippen molar-refractivity contribution in [2.45, 2.75) is 24.9 Å². The molecule has 2 atom stereocenters. The van der Waals surface area contributed by atoms with Crippen LogP contribution in [0.3, 0.4) is 0 Å². The number of carbonyl (C=O) groups is 3. The minimum Gasteiger partial charge on any atom is -0.480 e. The van der Waals surface area contributed by atoms with Gasteiger partial charge in [0.15, 0.2) is 0 Å². The number of hydrogen-bond donors (Lipinski definition) is 2. The molecule has 1 heterocycles. The van der Waals surface area contributed by atoms with Crippen LogP contribution >= 0.6 is 11.6 Å². The average molecular weight is 311 g/mol. The fourth-order valence-corrected chi connectivity index (χ4v) is 2.58. The molecule has 1 fully saturated rings. The van der Waals surface area contributed by atoms with Crippen LogP contribution in [0.25, 0.3) is 0 Å². The van der Waals surface area contributed by atoms with Gasteiger partial charge in [0.05, 0.1) is 0 Å². The normalized spacial score (nSPS) is 21.7. The van der Waals surface area contributed by atoms with Crippen LogP contribution in [-0.4, -0.2) is 45.9 Å². The minimum absolute atomic E-state index is 0.0951. The van der Waals surface area contributed by atoms with Gasteiger partial charge < -0.3 is 15.3 Å². The molecule has 1 aromatic carbocycles. The summed E-state index contributed by atoms with van der Waals surface area (Å²) >= 11 is 5.43. The lowest BCUT2D eigenvalue weighted by Crippen LogP contribution is -2.55. The Balaban J connectivity index is 2.01. The molecule has 1 saturated heterocycles. The molecule has 1 aromatic rings. The van der Waals surface area contributed by atoms with Crippen LogP contribution in [0.15, 0.2) is 30.3 Å². The number of rotatable bonds is 3. The van der Waals surface area contributed by atoms with Crippen LogP contribution in [0.2, 0.25) is 0 Å². The van der Waals surface area contributed by atoms with Gasteiger partial charge in [0.1, 0.15) is 6.04 Å². The Morgan fingerprint density at radius 2 is 1.86 bits per heavy atom. The van der Waals surface area contributed by atoms with Crippen LogP contribution in [-0.2, 0) is 4.79 Å². The van der Waals surface area contributed by atoms with Crippen molar-refractivity contribution in [3.63, 3.8) is 0 Å². The molecule has 2 amide bonds. The second-order valence-corrected chi connectivity index (χ2v) is 5.20. The molecule has 1 aliphatic heterocycles. The number of nitrogens with zero attached hydrogens (tertiary/aromatic N) is 1. The summed E-state index contributed by atoms with van der Waals surface area (Å²) in [4.78, 5) is 35.5. The molecule has 1 aliphatic rings. The Bertz CT molecular complexity index is 549. The van der Waals surface area contributed by atoms with E-state index in [2.05, 4.69) is 5.32 Å². The highest BCUT2D eigenvalue weighted by Gasteiger charge is 2.35. The van der Waals surface area contributed by atoms with Gasteiger partial charge in [-0.3, -0.25) is 9.59 Å². The van der Waals surface area contributed by atoms with Crippen LogP contribution in [0.1, 0.15) is 23.2 Å². The zero-order chi connectivity index (χ0) is 15.4. The highest BCUT2D eigenvalue weighted by molar-refractivity contribution is 6.63. The van der Waals surface area contributed by atoms with Crippen molar-refractivity contribution in [2.75, 3.05) is 6.54 Å². The summed E-state index contributed by atoms with van der Waals surface area (Å²) in [5.74, 6) is -1.34. The fourth-order valence-electron chi connectivity index (χ4n) is 2.40. The van der Waals surface area contributed by atoms with E-state index in [-0.39, 0.29) is 24.9 Å². The van der Waals surface area contributed by atoms with E-state index in [4.69, 9.17) is 16.7 Å². The molecule has 21 heavy (non-hydrogen) atoms. The van der Waals surface area contributed by atoms with Gasteiger partial charge in [0, 0.05) is 18.2 Å². The van der Waals surface area contributed by atoms with Crippen LogP contribution in [0.5, 0.6) is 0 Å². The lowest BCUT2D eigenvalue weighted by atomic mass is 9.98. The van der Waals surface area contributed by atoms with Crippen molar-refractivity contribution in [2.24, 2.45) is 0 Å². The van der Waals surface area contributed by atoms with E-state index in [1.165, 1.54) is 0 Å². The van der Waals surface area contributed by atoms with Crippen molar-refractivity contribution in [3.05, 3.63) is 35.9 Å². The molecule has 0 unspecified atom stereocenters. The third-order valence-corrected chi connectivity index (χ3v) is 3.68. The van der Waals surface area contributed by atoms with Crippen LogP contribution < -0.4 is 5.32 Å². The first-order valence-electron chi connectivity index (χ1n) is 6.54. The molecule has 6 nitrogen and oxygen atoms in total. The summed E-state index contributed by atoms with van der Waals surface area (Å²) in [7, 11) is 0. The zero-order valence-electron chi connectivity index (χ0n) is 11.2. The van der Waals surface area contributed by atoms with E-state index in [0.717, 1.165) is 4.90 Å². The van der Waals surface area contributed by atoms with Gasteiger partial charge >= 0.3 is 11.3 Å². The molecule has 0 aromatic heterocycles. The molecular weight excluding hydrogens is 296 g/mol. The lowest BCUT2D eigenvalue weighted by Gasteiger charge is -2.36. The second-order valence-electron chi connectivity index (χ2n) is 4.87. The molecule has 0 bridgehead atoms. The first kappa shape index (κ1) is 15.3. The first-order chi connectivity index (χ1) is 9.99. The molecule has 0 spiro atoms. The zero-order valence-corrected chi connectivity index (χ0v) is 11.9. The predicted octanol–water partition coefficient (Wildman–Crippen LogP) is 1.69. The number of likely N-dealkylation sites (tertiary alicyclic amines) is 1. The van der Waals surface area contributed by atoms with E-state index in [1.807, 2.05) is 6.07 Å². The number of nitrogens with one attached hydrogen (secondary N) is 1. The summed E-state index contributed by atoms with van der Waals surface area (Å²) in [6.45, 7) is 0.0951. The number of carboxylic acid groups (broad SMARTS) is 1. The Labute approximate surface area is 126 Å². The van der Waals surface area contributed by atoms with Crippen molar-refractivity contribution in [1.82, 2.24) is 10.2 Å². The summed E-state index contributed by atoms with van der Waals surface area (Å²) in [6, 6.07) is 7.44. The highest BCUT2D eigenvalue weighted by atomic mass is 35.5. The standard InChI is InChI=1S/C14H15ClN2O4/c15-14(21)17-8-10(6-7-11(17)13(19)20)16-12(18)9-4-2-1-3-5-9/h1-5,10-11H,6-8H2,(H,16,18)(H,19,20)/t10-,11+/m1/s1. The molecular formula is C14H15ClN2O4. The number of hydrogen-bond acceptors (Lipinski definition) is 3. The van der Waals surface area contributed by atoms with Crippen molar-refractivity contribution in [3.8, 4) is 0 Å². The van der Waals surface area contributed by atoms with E-state index in [9.17, 15) is 14.4 Å². The molecule has 112 valence electrons. The molecule has 7 heteroatoms. The van der Waals surface area contributed by atoms with Crippen LogP contribution in [0.4, 0.5) is 4.79 Å². The van der Waals surface area contributed by atoms with Crippen molar-refractivity contribution >= 4 is 28.8 Å². The Kier molecular flexibility index (Phi) is 4.80. The molecule has 0 aliphatic carbocycles. The third-order valence-electron chi connectivity index (χ3n) is 3.46.